The first kappa shape index (κ1) is 17.6. The summed E-state index contributed by atoms with van der Waals surface area (Å²) >= 11 is 0. The molecular formula is C22H25N3O2. The smallest absolute Gasteiger partial charge is 0.312 e. The van der Waals surface area contributed by atoms with E-state index in [1.807, 2.05) is 0 Å². The minimum atomic E-state index is -0.550. The zero-order chi connectivity index (χ0) is 18.8. The number of rotatable bonds is 6. The second-order valence-corrected chi connectivity index (χ2v) is 7.48. The lowest BCUT2D eigenvalue weighted by molar-refractivity contribution is -0.121. The van der Waals surface area contributed by atoms with Crippen LogP contribution in [0.15, 0.2) is 48.5 Å². The molecule has 3 aliphatic rings. The summed E-state index contributed by atoms with van der Waals surface area (Å²) in [4.78, 5) is 22.8. The van der Waals surface area contributed by atoms with Crippen molar-refractivity contribution in [2.75, 3.05) is 13.1 Å². The molecule has 2 aromatic rings. The lowest BCUT2D eigenvalue weighted by Crippen LogP contribution is -2.39. The average Bonchev–Trinajstić information content (AvgIpc) is 2.69. The van der Waals surface area contributed by atoms with Crippen LogP contribution in [0.25, 0.3) is 0 Å². The molecule has 0 fully saturated rings. The first-order chi connectivity index (χ1) is 13.1. The SMILES string of the molecule is NC(=O)NCCCC(=O)NC[C@@H]1CC2c3ccccc3C1c1ccccc12. The topological polar surface area (TPSA) is 84.2 Å². The van der Waals surface area contributed by atoms with Gasteiger partial charge in [0.05, 0.1) is 0 Å². The number of hydrogen-bond donors (Lipinski definition) is 3. The highest BCUT2D eigenvalue weighted by molar-refractivity contribution is 5.76. The van der Waals surface area contributed by atoms with Crippen LogP contribution in [0.1, 0.15) is 53.4 Å². The van der Waals surface area contributed by atoms with Gasteiger partial charge in [0.25, 0.3) is 0 Å². The number of primary amides is 1. The molecule has 2 aromatic carbocycles. The van der Waals surface area contributed by atoms with E-state index in [4.69, 9.17) is 5.73 Å². The maximum atomic E-state index is 12.2. The van der Waals surface area contributed by atoms with Crippen LogP contribution >= 0.6 is 0 Å². The van der Waals surface area contributed by atoms with Gasteiger partial charge >= 0.3 is 6.03 Å². The summed E-state index contributed by atoms with van der Waals surface area (Å²) in [5.41, 5.74) is 10.7. The summed E-state index contributed by atoms with van der Waals surface area (Å²) in [6.07, 6.45) is 2.06. The average molecular weight is 363 g/mol. The number of hydrogen-bond acceptors (Lipinski definition) is 2. The maximum absolute atomic E-state index is 12.2. The second-order valence-electron chi connectivity index (χ2n) is 7.48. The van der Waals surface area contributed by atoms with E-state index in [1.54, 1.807) is 0 Å². The van der Waals surface area contributed by atoms with Gasteiger partial charge in [0, 0.05) is 31.3 Å². The summed E-state index contributed by atoms with van der Waals surface area (Å²) in [5.74, 6) is 1.21. The maximum Gasteiger partial charge on any atom is 0.312 e. The van der Waals surface area contributed by atoms with Crippen molar-refractivity contribution in [1.82, 2.24) is 10.6 Å². The van der Waals surface area contributed by atoms with Gasteiger partial charge in [0.1, 0.15) is 0 Å². The van der Waals surface area contributed by atoms with Crippen LogP contribution in [0.5, 0.6) is 0 Å². The van der Waals surface area contributed by atoms with E-state index in [-0.39, 0.29) is 5.91 Å². The molecule has 0 aromatic heterocycles. The van der Waals surface area contributed by atoms with Gasteiger partial charge in [-0.25, -0.2) is 4.79 Å². The van der Waals surface area contributed by atoms with E-state index in [2.05, 4.69) is 59.2 Å². The normalized spacial score (nSPS) is 21.9. The monoisotopic (exact) mass is 363 g/mol. The standard InChI is InChI=1S/C22H25N3O2/c23-22(27)24-11-5-10-20(26)25-13-14-12-19-15-6-1-3-8-17(15)21(14)18-9-4-2-7-16(18)19/h1-4,6-9,14,19,21H,5,10-13H2,(H,25,26)(H3,23,24,27)/t14-,19?,21?/m0/s1. The van der Waals surface area contributed by atoms with Crippen molar-refractivity contribution in [3.8, 4) is 0 Å². The van der Waals surface area contributed by atoms with E-state index in [9.17, 15) is 9.59 Å². The van der Waals surface area contributed by atoms with E-state index in [0.717, 1.165) is 6.42 Å². The Morgan fingerprint density at radius 3 is 2.11 bits per heavy atom. The fraction of sp³-hybridized carbons (Fsp3) is 0.364. The number of carbonyl (C=O) groups is 2. The molecule has 0 unspecified atom stereocenters. The Morgan fingerprint density at radius 1 is 0.926 bits per heavy atom. The zero-order valence-corrected chi connectivity index (χ0v) is 15.3. The Balaban J connectivity index is 1.44. The van der Waals surface area contributed by atoms with Gasteiger partial charge in [-0.3, -0.25) is 4.79 Å². The van der Waals surface area contributed by atoms with E-state index >= 15 is 0 Å². The lowest BCUT2D eigenvalue weighted by Gasteiger charge is -2.45. The molecule has 5 nitrogen and oxygen atoms in total. The molecule has 0 saturated carbocycles. The highest BCUT2D eigenvalue weighted by atomic mass is 16.2. The van der Waals surface area contributed by atoms with Crippen LogP contribution in [0, 0.1) is 5.92 Å². The van der Waals surface area contributed by atoms with E-state index in [0.29, 0.717) is 43.7 Å². The minimum absolute atomic E-state index is 0.0317. The first-order valence-corrected chi connectivity index (χ1v) is 9.63. The number of carbonyl (C=O) groups excluding carboxylic acids is 2. The molecule has 0 spiro atoms. The minimum Gasteiger partial charge on any atom is -0.356 e. The molecule has 2 bridgehead atoms. The van der Waals surface area contributed by atoms with Crippen molar-refractivity contribution in [1.29, 1.82) is 0 Å². The molecule has 0 saturated heterocycles. The molecule has 1 atom stereocenters. The molecule has 0 heterocycles. The molecule has 5 rings (SSSR count). The van der Waals surface area contributed by atoms with Gasteiger partial charge in [-0.15, -0.1) is 0 Å². The van der Waals surface area contributed by atoms with Crippen LogP contribution in [0.3, 0.4) is 0 Å². The molecule has 140 valence electrons. The highest BCUT2D eigenvalue weighted by Crippen LogP contribution is 2.55. The summed E-state index contributed by atoms with van der Waals surface area (Å²) in [6, 6.07) is 16.9. The Hall–Kier alpha value is -2.82. The number of benzene rings is 2. The Bertz CT molecular complexity index is 817. The van der Waals surface area contributed by atoms with Gasteiger partial charge in [0.2, 0.25) is 5.91 Å². The van der Waals surface area contributed by atoms with Crippen molar-refractivity contribution in [2.45, 2.75) is 31.1 Å². The highest BCUT2D eigenvalue weighted by Gasteiger charge is 2.42. The first-order valence-electron chi connectivity index (χ1n) is 9.63. The number of fused-ring (bicyclic) bond motifs is 1. The van der Waals surface area contributed by atoms with Crippen LogP contribution < -0.4 is 16.4 Å². The molecule has 5 heteroatoms. The molecule has 3 amide bonds. The predicted molar refractivity (Wildman–Crippen MR) is 105 cm³/mol. The van der Waals surface area contributed by atoms with Crippen molar-refractivity contribution in [3.63, 3.8) is 0 Å². The van der Waals surface area contributed by atoms with Gasteiger partial charge in [-0.05, 0) is 41.0 Å². The molecular weight excluding hydrogens is 338 g/mol. The number of nitrogens with one attached hydrogen (secondary N) is 2. The third-order valence-electron chi connectivity index (χ3n) is 5.86. The fourth-order valence-electron chi connectivity index (χ4n) is 4.75. The Morgan fingerprint density at radius 2 is 1.52 bits per heavy atom. The zero-order valence-electron chi connectivity index (χ0n) is 15.3. The van der Waals surface area contributed by atoms with Crippen molar-refractivity contribution >= 4 is 11.9 Å². The van der Waals surface area contributed by atoms with E-state index < -0.39 is 6.03 Å². The lowest BCUT2D eigenvalue weighted by atomic mass is 9.59. The molecule has 4 N–H and O–H groups in total. The van der Waals surface area contributed by atoms with Crippen molar-refractivity contribution in [3.05, 3.63) is 70.8 Å². The van der Waals surface area contributed by atoms with Gasteiger partial charge in [0.15, 0.2) is 0 Å². The Kier molecular flexibility index (Phi) is 4.84. The number of urea groups is 1. The van der Waals surface area contributed by atoms with Gasteiger partial charge < -0.3 is 16.4 Å². The predicted octanol–water partition coefficient (Wildman–Crippen LogP) is 2.85. The fourth-order valence-corrected chi connectivity index (χ4v) is 4.75. The van der Waals surface area contributed by atoms with E-state index in [1.165, 1.54) is 22.3 Å². The Labute approximate surface area is 159 Å². The third-order valence-corrected chi connectivity index (χ3v) is 5.86. The van der Waals surface area contributed by atoms with Crippen LogP contribution in [0.4, 0.5) is 4.79 Å². The molecule has 3 aliphatic carbocycles. The molecule has 0 aliphatic heterocycles. The van der Waals surface area contributed by atoms with Crippen LogP contribution in [0.2, 0.25) is 0 Å². The van der Waals surface area contributed by atoms with Crippen molar-refractivity contribution < 1.29 is 9.59 Å². The number of nitrogens with two attached hydrogens (primary N) is 1. The quantitative estimate of drug-likeness (QED) is 0.690. The summed E-state index contributed by atoms with van der Waals surface area (Å²) < 4.78 is 0. The third kappa shape index (κ3) is 3.42. The van der Waals surface area contributed by atoms with Gasteiger partial charge in [-0.2, -0.15) is 0 Å². The second kappa shape index (κ2) is 7.43. The summed E-state index contributed by atoms with van der Waals surface area (Å²) in [7, 11) is 0. The molecule has 27 heavy (non-hydrogen) atoms. The number of amides is 3. The molecule has 0 radical (unpaired) electrons. The van der Waals surface area contributed by atoms with Crippen LogP contribution in [-0.2, 0) is 4.79 Å². The largest absolute Gasteiger partial charge is 0.356 e. The van der Waals surface area contributed by atoms with Crippen LogP contribution in [-0.4, -0.2) is 25.0 Å². The van der Waals surface area contributed by atoms with Gasteiger partial charge in [-0.1, -0.05) is 48.5 Å². The summed E-state index contributed by atoms with van der Waals surface area (Å²) in [6.45, 7) is 1.11. The van der Waals surface area contributed by atoms with Crippen molar-refractivity contribution in [2.24, 2.45) is 11.7 Å². The summed E-state index contributed by atoms with van der Waals surface area (Å²) in [5, 5.41) is 5.61.